The minimum absolute atomic E-state index is 0.171. The molecule has 3 nitrogen and oxygen atoms in total. The van der Waals surface area contributed by atoms with Gasteiger partial charge in [-0.3, -0.25) is 4.79 Å². The average molecular weight is 169 g/mol. The molecule has 0 saturated carbocycles. The van der Waals surface area contributed by atoms with Crippen LogP contribution < -0.4 is 5.32 Å². The lowest BCUT2D eigenvalue weighted by Crippen LogP contribution is -2.30. The molecule has 0 aromatic rings. The second-order valence-electron chi connectivity index (χ2n) is 3.42. The highest BCUT2D eigenvalue weighted by atomic mass is 16.1. The Balaban J connectivity index is 2.10. The highest BCUT2D eigenvalue weighted by Gasteiger charge is 2.19. The van der Waals surface area contributed by atoms with Gasteiger partial charge in [0.15, 0.2) is 0 Å². The van der Waals surface area contributed by atoms with Crippen LogP contribution in [0.1, 0.15) is 19.3 Å². The molecule has 1 aliphatic rings. The first-order chi connectivity index (χ1) is 5.70. The summed E-state index contributed by atoms with van der Waals surface area (Å²) in [4.78, 5) is 12.8. The Bertz CT molecular complexity index is 159. The van der Waals surface area contributed by atoms with Gasteiger partial charge in [-0.25, -0.2) is 0 Å². The minimum atomic E-state index is -0.171. The van der Waals surface area contributed by atoms with E-state index in [0.29, 0.717) is 6.04 Å². The molecule has 1 radical (unpaired) electrons. The first-order valence-corrected chi connectivity index (χ1v) is 4.50. The number of amides is 1. The minimum Gasteiger partial charge on any atom is -0.356 e. The van der Waals surface area contributed by atoms with Crippen LogP contribution in [0.25, 0.3) is 0 Å². The number of hydrogen-bond donors (Lipinski definition) is 1. The molecule has 0 spiro atoms. The first kappa shape index (κ1) is 9.52. The van der Waals surface area contributed by atoms with E-state index in [1.165, 1.54) is 19.4 Å². The number of rotatable bonds is 3. The van der Waals surface area contributed by atoms with Gasteiger partial charge in [-0.05, 0) is 32.9 Å². The van der Waals surface area contributed by atoms with Gasteiger partial charge in [0.25, 0.3) is 0 Å². The second-order valence-corrected chi connectivity index (χ2v) is 3.42. The van der Waals surface area contributed by atoms with Crippen molar-refractivity contribution in [3.05, 3.63) is 6.92 Å². The molecule has 1 unspecified atom stereocenters. The van der Waals surface area contributed by atoms with Crippen molar-refractivity contribution in [1.29, 1.82) is 0 Å². The van der Waals surface area contributed by atoms with Gasteiger partial charge in [0.2, 0.25) is 5.91 Å². The molecule has 1 fully saturated rings. The maximum absolute atomic E-state index is 10.5. The molecule has 1 saturated heterocycles. The fourth-order valence-corrected chi connectivity index (χ4v) is 1.72. The Kier molecular flexibility index (Phi) is 3.53. The van der Waals surface area contributed by atoms with Crippen molar-refractivity contribution in [2.75, 3.05) is 20.1 Å². The molecule has 1 rings (SSSR count). The van der Waals surface area contributed by atoms with E-state index >= 15 is 0 Å². The van der Waals surface area contributed by atoms with Gasteiger partial charge in [-0.2, -0.15) is 0 Å². The van der Waals surface area contributed by atoms with Crippen molar-refractivity contribution in [3.8, 4) is 0 Å². The van der Waals surface area contributed by atoms with Gasteiger partial charge in [-0.1, -0.05) is 0 Å². The summed E-state index contributed by atoms with van der Waals surface area (Å²) in [5.74, 6) is -0.171. The van der Waals surface area contributed by atoms with Crippen LogP contribution >= 0.6 is 0 Å². The molecule has 1 N–H and O–H groups in total. The van der Waals surface area contributed by atoms with Gasteiger partial charge in [-0.15, -0.1) is 0 Å². The van der Waals surface area contributed by atoms with Crippen molar-refractivity contribution in [3.63, 3.8) is 0 Å². The van der Waals surface area contributed by atoms with E-state index in [1.807, 2.05) is 0 Å². The summed E-state index contributed by atoms with van der Waals surface area (Å²) in [5, 5.41) is 2.72. The summed E-state index contributed by atoms with van der Waals surface area (Å²) in [5.41, 5.74) is 0. The lowest BCUT2D eigenvalue weighted by Gasteiger charge is -2.18. The smallest absolute Gasteiger partial charge is 0.220 e. The van der Waals surface area contributed by atoms with Crippen molar-refractivity contribution in [1.82, 2.24) is 10.2 Å². The number of hydrogen-bond acceptors (Lipinski definition) is 2. The lowest BCUT2D eigenvalue weighted by atomic mass is 10.1. The standard InChI is InChI=1S/C9H17N2O/c1-8(12)10-6-5-9-4-3-7-11(9)2/h9H,1,3-7H2,2H3,(H,10,12). The molecule has 1 amide bonds. The van der Waals surface area contributed by atoms with Crippen molar-refractivity contribution in [2.24, 2.45) is 0 Å². The van der Waals surface area contributed by atoms with Gasteiger partial charge in [0.05, 0.1) is 0 Å². The van der Waals surface area contributed by atoms with Crippen molar-refractivity contribution in [2.45, 2.75) is 25.3 Å². The molecule has 1 atom stereocenters. The van der Waals surface area contributed by atoms with E-state index in [9.17, 15) is 4.79 Å². The van der Waals surface area contributed by atoms with E-state index < -0.39 is 0 Å². The molecular weight excluding hydrogens is 152 g/mol. The quantitative estimate of drug-likeness (QED) is 0.664. The van der Waals surface area contributed by atoms with Crippen LogP contribution in [-0.2, 0) is 4.79 Å². The van der Waals surface area contributed by atoms with Crippen molar-refractivity contribution < 1.29 is 4.79 Å². The monoisotopic (exact) mass is 169 g/mol. The largest absolute Gasteiger partial charge is 0.356 e. The van der Waals surface area contributed by atoms with Crippen LogP contribution in [0, 0.1) is 6.92 Å². The van der Waals surface area contributed by atoms with Crippen LogP contribution in [0.4, 0.5) is 0 Å². The number of likely N-dealkylation sites (tertiary alicyclic amines) is 1. The van der Waals surface area contributed by atoms with Crippen LogP contribution in [0.5, 0.6) is 0 Å². The number of nitrogens with zero attached hydrogens (tertiary/aromatic N) is 1. The Morgan fingerprint density at radius 1 is 1.75 bits per heavy atom. The zero-order chi connectivity index (χ0) is 8.97. The second kappa shape index (κ2) is 4.45. The zero-order valence-electron chi connectivity index (χ0n) is 7.68. The first-order valence-electron chi connectivity index (χ1n) is 4.50. The fraction of sp³-hybridized carbons (Fsp3) is 0.778. The summed E-state index contributed by atoms with van der Waals surface area (Å²) >= 11 is 0. The van der Waals surface area contributed by atoms with Crippen LogP contribution in [0.3, 0.4) is 0 Å². The fourth-order valence-electron chi connectivity index (χ4n) is 1.72. The Morgan fingerprint density at radius 2 is 2.50 bits per heavy atom. The highest BCUT2D eigenvalue weighted by molar-refractivity contribution is 5.79. The summed E-state index contributed by atoms with van der Waals surface area (Å²) in [6.45, 7) is 5.22. The number of carbonyl (C=O) groups excluding carboxylic acids is 1. The van der Waals surface area contributed by atoms with Crippen LogP contribution in [0.2, 0.25) is 0 Å². The Labute approximate surface area is 74.1 Å². The Morgan fingerprint density at radius 3 is 3.00 bits per heavy atom. The van der Waals surface area contributed by atoms with E-state index in [-0.39, 0.29) is 5.91 Å². The van der Waals surface area contributed by atoms with Gasteiger partial charge >= 0.3 is 0 Å². The molecule has 1 heterocycles. The van der Waals surface area contributed by atoms with E-state index in [2.05, 4.69) is 24.2 Å². The normalized spacial score (nSPS) is 24.3. The van der Waals surface area contributed by atoms with E-state index in [1.54, 1.807) is 0 Å². The van der Waals surface area contributed by atoms with Gasteiger partial charge in [0, 0.05) is 19.5 Å². The van der Waals surface area contributed by atoms with Crippen LogP contribution in [0.15, 0.2) is 0 Å². The predicted octanol–water partition coefficient (Wildman–Crippen LogP) is 0.421. The third kappa shape index (κ3) is 2.81. The number of carbonyl (C=O) groups is 1. The summed E-state index contributed by atoms with van der Waals surface area (Å²) in [7, 11) is 2.14. The van der Waals surface area contributed by atoms with E-state index in [0.717, 1.165) is 13.0 Å². The maximum atomic E-state index is 10.5. The van der Waals surface area contributed by atoms with Crippen molar-refractivity contribution >= 4 is 5.91 Å². The molecule has 0 bridgehead atoms. The number of nitrogens with one attached hydrogen (secondary N) is 1. The SMILES string of the molecule is [CH2]C(=O)NCCC1CCCN1C. The molecule has 12 heavy (non-hydrogen) atoms. The molecule has 3 heteroatoms. The molecule has 0 aliphatic carbocycles. The molecule has 69 valence electrons. The molecule has 0 aromatic heterocycles. The van der Waals surface area contributed by atoms with E-state index in [4.69, 9.17) is 0 Å². The third-order valence-electron chi connectivity index (χ3n) is 2.47. The molecular formula is C9H17N2O. The highest BCUT2D eigenvalue weighted by Crippen LogP contribution is 2.16. The zero-order valence-corrected chi connectivity index (χ0v) is 7.68. The van der Waals surface area contributed by atoms with Crippen LogP contribution in [-0.4, -0.2) is 37.0 Å². The van der Waals surface area contributed by atoms with Gasteiger partial charge in [0.1, 0.15) is 0 Å². The topological polar surface area (TPSA) is 32.3 Å². The average Bonchev–Trinajstić information content (AvgIpc) is 2.36. The molecule has 0 aromatic carbocycles. The lowest BCUT2D eigenvalue weighted by molar-refractivity contribution is -0.116. The third-order valence-corrected chi connectivity index (χ3v) is 2.47. The predicted molar refractivity (Wildman–Crippen MR) is 48.6 cm³/mol. The summed E-state index contributed by atoms with van der Waals surface area (Å²) in [6, 6.07) is 0.664. The summed E-state index contributed by atoms with van der Waals surface area (Å²) < 4.78 is 0. The maximum Gasteiger partial charge on any atom is 0.220 e. The molecule has 1 aliphatic heterocycles. The van der Waals surface area contributed by atoms with Gasteiger partial charge < -0.3 is 10.2 Å². The summed E-state index contributed by atoms with van der Waals surface area (Å²) in [6.07, 6.45) is 3.61. The Hall–Kier alpha value is -0.570.